The molecule has 174 valence electrons. The van der Waals surface area contributed by atoms with E-state index < -0.39 is 12.2 Å². The van der Waals surface area contributed by atoms with E-state index in [1.165, 1.54) is 5.69 Å². The van der Waals surface area contributed by atoms with Gasteiger partial charge in [-0.1, -0.05) is 13.8 Å². The van der Waals surface area contributed by atoms with Crippen LogP contribution < -0.4 is 15.0 Å². The zero-order valence-electron chi connectivity index (χ0n) is 19.5. The molecule has 1 aromatic rings. The normalized spacial score (nSPS) is 24.0. The Hall–Kier alpha value is -2.81. The van der Waals surface area contributed by atoms with Gasteiger partial charge >= 0.3 is 6.03 Å². The molecule has 3 amide bonds. The Bertz CT molecular complexity index is 863. The van der Waals surface area contributed by atoms with Crippen molar-refractivity contribution in [3.8, 4) is 5.75 Å². The number of methoxy groups -OCH3 is 1. The molecule has 2 saturated heterocycles. The maximum atomic E-state index is 12.7. The van der Waals surface area contributed by atoms with E-state index in [1.807, 2.05) is 12.1 Å². The van der Waals surface area contributed by atoms with Gasteiger partial charge in [-0.15, -0.1) is 0 Å². The molecule has 2 atom stereocenters. The third-order valence-corrected chi connectivity index (χ3v) is 6.57. The Labute approximate surface area is 190 Å². The number of piperazine rings is 1. The van der Waals surface area contributed by atoms with E-state index in [-0.39, 0.29) is 11.9 Å². The number of carbonyl (C=O) groups is 2. The zero-order chi connectivity index (χ0) is 22.8. The summed E-state index contributed by atoms with van der Waals surface area (Å²) in [7, 11) is 3.39. The second-order valence-corrected chi connectivity index (χ2v) is 9.15. The van der Waals surface area contributed by atoms with Gasteiger partial charge in [-0.3, -0.25) is 15.0 Å². The van der Waals surface area contributed by atoms with Crippen molar-refractivity contribution < 1.29 is 14.3 Å². The highest BCUT2D eigenvalue weighted by molar-refractivity contribution is 6.04. The molecule has 9 nitrogen and oxygen atoms in total. The van der Waals surface area contributed by atoms with E-state index in [1.54, 1.807) is 19.1 Å². The lowest BCUT2D eigenvalue weighted by molar-refractivity contribution is -0.127. The second-order valence-electron chi connectivity index (χ2n) is 9.15. The maximum Gasteiger partial charge on any atom is 0.325 e. The van der Waals surface area contributed by atoms with Gasteiger partial charge in [0.25, 0.3) is 5.91 Å². The molecule has 0 saturated carbocycles. The number of benzene rings is 1. The molecule has 0 aromatic heterocycles. The molecule has 2 unspecified atom stereocenters. The molecule has 3 aliphatic rings. The van der Waals surface area contributed by atoms with Gasteiger partial charge in [-0.2, -0.15) is 0 Å². The fourth-order valence-electron chi connectivity index (χ4n) is 4.54. The minimum Gasteiger partial charge on any atom is -0.497 e. The van der Waals surface area contributed by atoms with Crippen LogP contribution in [0, 0.1) is 5.92 Å². The molecule has 32 heavy (non-hydrogen) atoms. The summed E-state index contributed by atoms with van der Waals surface area (Å²) in [5.41, 5.74) is 1.20. The van der Waals surface area contributed by atoms with Gasteiger partial charge in [0.1, 0.15) is 11.6 Å². The van der Waals surface area contributed by atoms with Crippen LogP contribution in [-0.4, -0.2) is 98.1 Å². The molecule has 2 fully saturated rings. The van der Waals surface area contributed by atoms with Crippen molar-refractivity contribution in [2.45, 2.75) is 32.5 Å². The summed E-state index contributed by atoms with van der Waals surface area (Å²) in [4.78, 5) is 38.1. The van der Waals surface area contributed by atoms with Crippen LogP contribution in [0.15, 0.2) is 29.3 Å². The van der Waals surface area contributed by atoms with Crippen LogP contribution in [0.1, 0.15) is 20.3 Å². The van der Waals surface area contributed by atoms with Crippen LogP contribution in [0.4, 0.5) is 10.5 Å². The number of imide groups is 1. The molecule has 0 bridgehead atoms. The van der Waals surface area contributed by atoms with E-state index in [2.05, 4.69) is 46.0 Å². The van der Waals surface area contributed by atoms with Crippen molar-refractivity contribution in [1.82, 2.24) is 20.0 Å². The van der Waals surface area contributed by atoms with Crippen molar-refractivity contribution in [3.05, 3.63) is 24.3 Å². The summed E-state index contributed by atoms with van der Waals surface area (Å²) < 4.78 is 5.26. The van der Waals surface area contributed by atoms with Gasteiger partial charge in [0.05, 0.1) is 13.7 Å². The number of nitrogens with zero attached hydrogens (tertiary/aromatic N) is 5. The lowest BCUT2D eigenvalue weighted by atomic mass is 10.1. The number of carbonyl (C=O) groups excluding carboxylic acids is 2. The summed E-state index contributed by atoms with van der Waals surface area (Å²) in [5, 5.41) is 2.48. The topological polar surface area (TPSA) is 80.7 Å². The molecule has 0 radical (unpaired) electrons. The summed E-state index contributed by atoms with van der Waals surface area (Å²) in [5.74, 6) is 2.05. The number of ether oxygens (including phenoxy) is 1. The number of hydrogen-bond donors (Lipinski definition) is 1. The molecule has 0 aliphatic carbocycles. The Morgan fingerprint density at radius 3 is 2.44 bits per heavy atom. The third-order valence-electron chi connectivity index (χ3n) is 6.57. The first-order valence-electron chi connectivity index (χ1n) is 11.4. The number of hydrogen-bond acceptors (Lipinski definition) is 7. The average Bonchev–Trinajstić information content (AvgIpc) is 3.15. The largest absolute Gasteiger partial charge is 0.497 e. The number of fused-ring (bicyclic) bond motifs is 1. The number of amides is 3. The van der Waals surface area contributed by atoms with Gasteiger partial charge < -0.3 is 19.4 Å². The average molecular weight is 443 g/mol. The van der Waals surface area contributed by atoms with Crippen molar-refractivity contribution in [2.75, 3.05) is 58.3 Å². The molecule has 4 rings (SSSR count). The van der Waals surface area contributed by atoms with E-state index >= 15 is 0 Å². The zero-order valence-corrected chi connectivity index (χ0v) is 19.5. The van der Waals surface area contributed by atoms with Crippen molar-refractivity contribution in [1.29, 1.82) is 0 Å². The standard InChI is InChI=1S/C23H34N6O3/c1-16(2)9-10-29-19(24-21-20(29)22(30)25-23(31)26(21)3)15-27-11-13-28(14-12-27)17-5-7-18(32-4)8-6-17/h5-8,16,20-21H,9-15H2,1-4H3,(H,25,30,31). The van der Waals surface area contributed by atoms with Crippen molar-refractivity contribution in [3.63, 3.8) is 0 Å². The Balaban J connectivity index is 1.42. The first-order valence-corrected chi connectivity index (χ1v) is 11.4. The van der Waals surface area contributed by atoms with Gasteiger partial charge in [0, 0.05) is 45.5 Å². The van der Waals surface area contributed by atoms with Crippen LogP contribution >= 0.6 is 0 Å². The number of nitrogens with one attached hydrogen (secondary N) is 1. The predicted molar refractivity (Wildman–Crippen MR) is 124 cm³/mol. The van der Waals surface area contributed by atoms with E-state index in [0.717, 1.165) is 50.7 Å². The van der Waals surface area contributed by atoms with Gasteiger partial charge in [0.2, 0.25) is 0 Å². The van der Waals surface area contributed by atoms with Crippen molar-refractivity contribution >= 4 is 23.5 Å². The quantitative estimate of drug-likeness (QED) is 0.689. The van der Waals surface area contributed by atoms with Gasteiger partial charge in [0.15, 0.2) is 12.2 Å². The van der Waals surface area contributed by atoms with Crippen LogP contribution in [0.3, 0.4) is 0 Å². The summed E-state index contributed by atoms with van der Waals surface area (Å²) in [6.07, 6.45) is 0.525. The Morgan fingerprint density at radius 1 is 1.12 bits per heavy atom. The van der Waals surface area contributed by atoms with Crippen LogP contribution in [0.2, 0.25) is 0 Å². The lowest BCUT2D eigenvalue weighted by Gasteiger charge is -2.38. The molecule has 1 aromatic carbocycles. The van der Waals surface area contributed by atoms with Crippen LogP contribution in [0.25, 0.3) is 0 Å². The van der Waals surface area contributed by atoms with Crippen LogP contribution in [0.5, 0.6) is 5.75 Å². The number of aliphatic imine (C=N–C) groups is 1. The monoisotopic (exact) mass is 442 g/mol. The summed E-state index contributed by atoms with van der Waals surface area (Å²) >= 11 is 0. The Morgan fingerprint density at radius 2 is 1.81 bits per heavy atom. The first-order chi connectivity index (χ1) is 15.4. The number of urea groups is 1. The van der Waals surface area contributed by atoms with E-state index in [9.17, 15) is 9.59 Å². The fourth-order valence-corrected chi connectivity index (χ4v) is 4.54. The van der Waals surface area contributed by atoms with E-state index in [4.69, 9.17) is 9.73 Å². The van der Waals surface area contributed by atoms with Crippen molar-refractivity contribution in [2.24, 2.45) is 10.9 Å². The Kier molecular flexibility index (Phi) is 6.55. The molecule has 3 aliphatic heterocycles. The molecular weight excluding hydrogens is 408 g/mol. The second kappa shape index (κ2) is 9.36. The number of likely N-dealkylation sites (N-methyl/N-ethyl adjacent to an activating group) is 1. The van der Waals surface area contributed by atoms with Gasteiger partial charge in [-0.05, 0) is 36.6 Å². The third kappa shape index (κ3) is 4.53. The lowest BCUT2D eigenvalue weighted by Crippen LogP contribution is -2.64. The minimum absolute atomic E-state index is 0.245. The summed E-state index contributed by atoms with van der Waals surface area (Å²) in [6, 6.07) is 7.36. The minimum atomic E-state index is -0.445. The number of anilines is 1. The molecule has 9 heteroatoms. The number of amidine groups is 1. The highest BCUT2D eigenvalue weighted by Crippen LogP contribution is 2.26. The molecular formula is C23H34N6O3. The highest BCUT2D eigenvalue weighted by atomic mass is 16.5. The SMILES string of the molecule is COc1ccc(N2CCN(CC3=NC4C(C(=O)NC(=O)N4C)N3CCC(C)C)CC2)cc1. The van der Waals surface area contributed by atoms with Crippen LogP contribution in [-0.2, 0) is 4.79 Å². The first kappa shape index (κ1) is 22.4. The smallest absolute Gasteiger partial charge is 0.325 e. The molecule has 0 spiro atoms. The number of rotatable bonds is 7. The predicted octanol–water partition coefficient (Wildman–Crippen LogP) is 1.45. The maximum absolute atomic E-state index is 12.7. The fraction of sp³-hybridized carbons (Fsp3) is 0.609. The molecule has 1 N–H and O–H groups in total. The van der Waals surface area contributed by atoms with Gasteiger partial charge in [-0.25, -0.2) is 9.79 Å². The van der Waals surface area contributed by atoms with E-state index in [0.29, 0.717) is 12.5 Å². The summed E-state index contributed by atoms with van der Waals surface area (Å²) in [6.45, 7) is 9.50. The highest BCUT2D eigenvalue weighted by Gasteiger charge is 2.48. The molecule has 3 heterocycles.